The molecule has 2 aliphatic rings. The third-order valence-electron chi connectivity index (χ3n) is 4.22. The highest BCUT2D eigenvalue weighted by molar-refractivity contribution is 4.85. The Labute approximate surface area is 112 Å². The van der Waals surface area contributed by atoms with Crippen molar-refractivity contribution in [3.8, 4) is 0 Å². The van der Waals surface area contributed by atoms with E-state index in [-0.39, 0.29) is 0 Å². The zero-order valence-corrected chi connectivity index (χ0v) is 11.9. The molecule has 4 nitrogen and oxygen atoms in total. The molecule has 106 valence electrons. The fourth-order valence-electron chi connectivity index (χ4n) is 3.15. The van der Waals surface area contributed by atoms with Crippen molar-refractivity contribution >= 4 is 0 Å². The molecule has 0 saturated carbocycles. The summed E-state index contributed by atoms with van der Waals surface area (Å²) in [5.41, 5.74) is 0. The van der Waals surface area contributed by atoms with Gasteiger partial charge in [0.15, 0.2) is 0 Å². The van der Waals surface area contributed by atoms with Crippen molar-refractivity contribution in [2.75, 3.05) is 59.5 Å². The molecular weight excluding hydrogens is 226 g/mol. The highest BCUT2D eigenvalue weighted by Crippen LogP contribution is 2.20. The van der Waals surface area contributed by atoms with E-state index < -0.39 is 0 Å². The lowest BCUT2D eigenvalue weighted by molar-refractivity contribution is 0.198. The highest BCUT2D eigenvalue weighted by Gasteiger charge is 2.28. The van der Waals surface area contributed by atoms with Crippen LogP contribution in [-0.2, 0) is 4.74 Å². The molecule has 1 N–H and O–H groups in total. The van der Waals surface area contributed by atoms with Crippen LogP contribution in [-0.4, -0.2) is 75.4 Å². The lowest BCUT2D eigenvalue weighted by Crippen LogP contribution is -2.35. The number of likely N-dealkylation sites (tertiary alicyclic amines) is 2. The van der Waals surface area contributed by atoms with Crippen LogP contribution in [0.1, 0.15) is 25.7 Å². The van der Waals surface area contributed by atoms with Gasteiger partial charge in [-0.3, -0.25) is 4.90 Å². The summed E-state index contributed by atoms with van der Waals surface area (Å²) in [5.74, 6) is 0. The van der Waals surface area contributed by atoms with Crippen molar-refractivity contribution in [1.82, 2.24) is 15.1 Å². The Kier molecular flexibility index (Phi) is 6.41. The van der Waals surface area contributed by atoms with Gasteiger partial charge in [-0.25, -0.2) is 0 Å². The molecule has 0 spiro atoms. The predicted molar refractivity (Wildman–Crippen MR) is 75.0 cm³/mol. The monoisotopic (exact) mass is 255 g/mol. The number of nitrogens with one attached hydrogen (secondary N) is 1. The lowest BCUT2D eigenvalue weighted by Gasteiger charge is -2.23. The maximum atomic E-state index is 5.01. The number of rotatable bonds is 8. The molecule has 0 bridgehead atoms. The van der Waals surface area contributed by atoms with E-state index in [2.05, 4.69) is 15.1 Å². The van der Waals surface area contributed by atoms with Gasteiger partial charge in [0.1, 0.15) is 0 Å². The average molecular weight is 255 g/mol. The van der Waals surface area contributed by atoms with Crippen LogP contribution < -0.4 is 5.32 Å². The highest BCUT2D eigenvalue weighted by atomic mass is 16.5. The van der Waals surface area contributed by atoms with E-state index in [0.29, 0.717) is 0 Å². The fourth-order valence-corrected chi connectivity index (χ4v) is 3.15. The van der Waals surface area contributed by atoms with Gasteiger partial charge in [-0.1, -0.05) is 0 Å². The van der Waals surface area contributed by atoms with Crippen LogP contribution in [0.2, 0.25) is 0 Å². The molecule has 0 amide bonds. The van der Waals surface area contributed by atoms with Crippen LogP contribution in [0.4, 0.5) is 0 Å². The minimum atomic E-state index is 0.820. The second-order valence-electron chi connectivity index (χ2n) is 5.58. The van der Waals surface area contributed by atoms with Gasteiger partial charge in [0.05, 0.1) is 6.61 Å². The molecule has 18 heavy (non-hydrogen) atoms. The van der Waals surface area contributed by atoms with E-state index in [4.69, 9.17) is 4.74 Å². The van der Waals surface area contributed by atoms with E-state index in [1.54, 1.807) is 7.11 Å². The first kappa shape index (κ1) is 14.3. The normalized spacial score (nSPS) is 26.2. The predicted octanol–water partition coefficient (Wildman–Crippen LogP) is 0.783. The third-order valence-corrected chi connectivity index (χ3v) is 4.22. The van der Waals surface area contributed by atoms with Gasteiger partial charge in [-0.15, -0.1) is 0 Å². The Hall–Kier alpha value is -0.160. The molecule has 0 aliphatic carbocycles. The Bertz CT molecular complexity index is 219. The quantitative estimate of drug-likeness (QED) is 0.649. The third kappa shape index (κ3) is 4.50. The van der Waals surface area contributed by atoms with Crippen molar-refractivity contribution in [3.05, 3.63) is 0 Å². The maximum absolute atomic E-state index is 5.01. The van der Waals surface area contributed by atoms with Crippen LogP contribution in [0.25, 0.3) is 0 Å². The van der Waals surface area contributed by atoms with Gasteiger partial charge >= 0.3 is 0 Å². The molecule has 2 rings (SSSR count). The molecule has 2 heterocycles. The van der Waals surface area contributed by atoms with Crippen molar-refractivity contribution in [1.29, 1.82) is 0 Å². The fraction of sp³-hybridized carbons (Fsp3) is 1.00. The van der Waals surface area contributed by atoms with Crippen molar-refractivity contribution in [3.63, 3.8) is 0 Å². The smallest absolute Gasteiger partial charge is 0.0587 e. The summed E-state index contributed by atoms with van der Waals surface area (Å²) in [5, 5.41) is 3.41. The number of ether oxygens (including phenoxy) is 1. The molecule has 1 atom stereocenters. The van der Waals surface area contributed by atoms with Gasteiger partial charge in [-0.2, -0.15) is 0 Å². The van der Waals surface area contributed by atoms with Gasteiger partial charge in [0, 0.05) is 26.2 Å². The first-order valence-electron chi connectivity index (χ1n) is 7.56. The maximum Gasteiger partial charge on any atom is 0.0587 e. The number of hydrogen-bond donors (Lipinski definition) is 1. The first-order valence-corrected chi connectivity index (χ1v) is 7.56. The van der Waals surface area contributed by atoms with Gasteiger partial charge < -0.3 is 15.0 Å². The van der Waals surface area contributed by atoms with Gasteiger partial charge in [0.2, 0.25) is 0 Å². The van der Waals surface area contributed by atoms with Crippen LogP contribution in [0.3, 0.4) is 0 Å². The Morgan fingerprint density at radius 3 is 2.78 bits per heavy atom. The number of methoxy groups -OCH3 is 1. The number of nitrogens with zero attached hydrogens (tertiary/aromatic N) is 2. The SMILES string of the molecule is COCCNCCCN1CCC(N2CCCC2)C1. The second-order valence-corrected chi connectivity index (χ2v) is 5.58. The summed E-state index contributed by atoms with van der Waals surface area (Å²) < 4.78 is 5.01. The zero-order valence-electron chi connectivity index (χ0n) is 11.9. The molecule has 2 fully saturated rings. The van der Waals surface area contributed by atoms with Crippen LogP contribution in [0, 0.1) is 0 Å². The molecule has 0 radical (unpaired) electrons. The summed E-state index contributed by atoms with van der Waals surface area (Å²) in [6.07, 6.45) is 5.48. The Balaban J connectivity index is 1.50. The molecule has 0 aromatic heterocycles. The molecule has 0 aromatic carbocycles. The van der Waals surface area contributed by atoms with E-state index in [1.807, 2.05) is 0 Å². The van der Waals surface area contributed by atoms with E-state index >= 15 is 0 Å². The summed E-state index contributed by atoms with van der Waals surface area (Å²) >= 11 is 0. The average Bonchev–Trinajstić information content (AvgIpc) is 3.03. The molecule has 4 heteroatoms. The summed E-state index contributed by atoms with van der Waals surface area (Å²) in [4.78, 5) is 5.35. The molecular formula is C14H29N3O. The number of hydrogen-bond acceptors (Lipinski definition) is 4. The Morgan fingerprint density at radius 1 is 1.17 bits per heavy atom. The van der Waals surface area contributed by atoms with E-state index in [0.717, 1.165) is 25.7 Å². The van der Waals surface area contributed by atoms with Gasteiger partial charge in [0.25, 0.3) is 0 Å². The standard InChI is InChI=1S/C14H29N3O/c1-18-12-7-15-6-4-8-16-11-5-14(13-16)17-9-2-3-10-17/h14-15H,2-13H2,1H3. The minimum absolute atomic E-state index is 0.820. The summed E-state index contributed by atoms with van der Waals surface area (Å²) in [7, 11) is 1.75. The van der Waals surface area contributed by atoms with E-state index in [1.165, 1.54) is 58.4 Å². The largest absolute Gasteiger partial charge is 0.383 e. The molecule has 0 aromatic rings. The summed E-state index contributed by atoms with van der Waals surface area (Å²) in [6.45, 7) is 9.47. The molecule has 1 unspecified atom stereocenters. The first-order chi connectivity index (χ1) is 8.90. The molecule has 2 aliphatic heterocycles. The van der Waals surface area contributed by atoms with E-state index in [9.17, 15) is 0 Å². The van der Waals surface area contributed by atoms with Crippen molar-refractivity contribution < 1.29 is 4.74 Å². The lowest BCUT2D eigenvalue weighted by atomic mass is 10.2. The van der Waals surface area contributed by atoms with Crippen molar-refractivity contribution in [2.45, 2.75) is 31.7 Å². The van der Waals surface area contributed by atoms with Crippen LogP contribution >= 0.6 is 0 Å². The second kappa shape index (κ2) is 8.10. The topological polar surface area (TPSA) is 27.7 Å². The Morgan fingerprint density at radius 2 is 2.00 bits per heavy atom. The van der Waals surface area contributed by atoms with Crippen molar-refractivity contribution in [2.24, 2.45) is 0 Å². The zero-order chi connectivity index (χ0) is 12.6. The van der Waals surface area contributed by atoms with Gasteiger partial charge in [-0.05, 0) is 58.4 Å². The summed E-state index contributed by atoms with van der Waals surface area (Å²) in [6, 6.07) is 0.856. The molecule has 2 saturated heterocycles. The van der Waals surface area contributed by atoms with Crippen LogP contribution in [0.15, 0.2) is 0 Å². The van der Waals surface area contributed by atoms with Crippen LogP contribution in [0.5, 0.6) is 0 Å². The minimum Gasteiger partial charge on any atom is -0.383 e.